The molecule has 0 atom stereocenters. The van der Waals surface area contributed by atoms with Gasteiger partial charge in [-0.05, 0) is 88.2 Å². The third kappa shape index (κ3) is 3.12. The molecule has 0 radical (unpaired) electrons. The summed E-state index contributed by atoms with van der Waals surface area (Å²) in [6.45, 7) is 17.2. The first-order valence-corrected chi connectivity index (χ1v) is 9.63. The van der Waals surface area contributed by atoms with Crippen LogP contribution in [0.5, 0.6) is 0 Å². The highest BCUT2D eigenvalue weighted by Gasteiger charge is 2.52. The lowest BCUT2D eigenvalue weighted by molar-refractivity contribution is 0.00578. The molecule has 138 valence electrons. The lowest BCUT2D eigenvalue weighted by Crippen LogP contribution is -2.41. The van der Waals surface area contributed by atoms with Crippen molar-refractivity contribution in [3.63, 3.8) is 0 Å². The Balaban J connectivity index is 2.11. The van der Waals surface area contributed by atoms with E-state index in [0.717, 1.165) is 11.9 Å². The van der Waals surface area contributed by atoms with Gasteiger partial charge in [0.2, 0.25) is 0 Å². The van der Waals surface area contributed by atoms with E-state index in [1.807, 2.05) is 0 Å². The molecule has 0 N–H and O–H groups in total. The average Bonchev–Trinajstić information content (AvgIpc) is 2.77. The Morgan fingerprint density at radius 3 is 1.92 bits per heavy atom. The normalized spacial score (nSPS) is 18.4. The standard InChI is InChI=1S/C23H31BO2/c1-9-19-17(4)20(24-25-22(5,6)23(7,8)26-24)14-16(3)21(19)18-12-10-15(2)11-13-18/h10-14H,9H2,1-8H3. The minimum atomic E-state index is -0.319. The van der Waals surface area contributed by atoms with E-state index in [4.69, 9.17) is 9.31 Å². The quantitative estimate of drug-likeness (QED) is 0.714. The molecule has 2 nitrogen and oxygen atoms in total. The number of hydrogen-bond acceptors (Lipinski definition) is 2. The van der Waals surface area contributed by atoms with Gasteiger partial charge in [0.05, 0.1) is 11.2 Å². The van der Waals surface area contributed by atoms with Gasteiger partial charge in [-0.15, -0.1) is 0 Å². The van der Waals surface area contributed by atoms with E-state index in [9.17, 15) is 0 Å². The molecule has 1 heterocycles. The first-order valence-electron chi connectivity index (χ1n) is 9.63. The maximum Gasteiger partial charge on any atom is 0.495 e. The van der Waals surface area contributed by atoms with Crippen molar-refractivity contribution in [3.05, 3.63) is 52.6 Å². The summed E-state index contributed by atoms with van der Waals surface area (Å²) < 4.78 is 12.6. The van der Waals surface area contributed by atoms with Crippen molar-refractivity contribution in [2.45, 2.75) is 73.0 Å². The van der Waals surface area contributed by atoms with Crippen molar-refractivity contribution in [1.82, 2.24) is 0 Å². The predicted molar refractivity (Wildman–Crippen MR) is 111 cm³/mol. The molecule has 0 saturated carbocycles. The number of hydrogen-bond donors (Lipinski definition) is 0. The van der Waals surface area contributed by atoms with Crippen LogP contribution in [0.2, 0.25) is 0 Å². The van der Waals surface area contributed by atoms with Gasteiger partial charge >= 0.3 is 7.12 Å². The second-order valence-corrected chi connectivity index (χ2v) is 8.57. The smallest absolute Gasteiger partial charge is 0.399 e. The van der Waals surface area contributed by atoms with E-state index >= 15 is 0 Å². The van der Waals surface area contributed by atoms with E-state index in [-0.39, 0.29) is 18.3 Å². The van der Waals surface area contributed by atoms with Crippen molar-refractivity contribution in [2.75, 3.05) is 0 Å². The molecule has 0 spiro atoms. The van der Waals surface area contributed by atoms with Crippen molar-refractivity contribution in [1.29, 1.82) is 0 Å². The first-order chi connectivity index (χ1) is 12.1. The summed E-state index contributed by atoms with van der Waals surface area (Å²) in [5.74, 6) is 0. The summed E-state index contributed by atoms with van der Waals surface area (Å²) in [4.78, 5) is 0. The van der Waals surface area contributed by atoms with Gasteiger partial charge in [0, 0.05) is 0 Å². The highest BCUT2D eigenvalue weighted by molar-refractivity contribution is 6.62. The van der Waals surface area contributed by atoms with Crippen LogP contribution in [0.15, 0.2) is 30.3 Å². The average molecular weight is 350 g/mol. The molecule has 0 amide bonds. The first kappa shape index (κ1) is 19.2. The molecule has 2 aromatic carbocycles. The van der Waals surface area contributed by atoms with Gasteiger partial charge in [0.25, 0.3) is 0 Å². The molecular weight excluding hydrogens is 319 g/mol. The molecule has 26 heavy (non-hydrogen) atoms. The van der Waals surface area contributed by atoms with Gasteiger partial charge in [-0.2, -0.15) is 0 Å². The summed E-state index contributed by atoms with van der Waals surface area (Å²) >= 11 is 0. The van der Waals surface area contributed by atoms with Crippen molar-refractivity contribution < 1.29 is 9.31 Å². The summed E-state index contributed by atoms with van der Waals surface area (Å²) in [7, 11) is -0.309. The number of benzene rings is 2. The molecule has 2 aromatic rings. The molecule has 0 bridgehead atoms. The van der Waals surface area contributed by atoms with E-state index in [2.05, 4.69) is 85.7 Å². The Morgan fingerprint density at radius 1 is 0.885 bits per heavy atom. The SMILES string of the molecule is CCc1c(C)c(B2OC(C)(C)C(C)(C)O2)cc(C)c1-c1ccc(C)cc1. The van der Waals surface area contributed by atoms with Crippen LogP contribution in [0.4, 0.5) is 0 Å². The summed E-state index contributed by atoms with van der Waals surface area (Å²) in [5.41, 5.74) is 8.40. The minimum absolute atomic E-state index is 0.309. The maximum absolute atomic E-state index is 6.32. The Bertz CT molecular complexity index is 803. The molecule has 1 aliphatic heterocycles. The fraction of sp³-hybridized carbons (Fsp3) is 0.478. The van der Waals surface area contributed by atoms with Crippen LogP contribution in [0.3, 0.4) is 0 Å². The predicted octanol–water partition coefficient (Wildman–Crippen LogP) is 5.14. The van der Waals surface area contributed by atoms with E-state index < -0.39 is 0 Å². The maximum atomic E-state index is 6.32. The molecule has 3 heteroatoms. The van der Waals surface area contributed by atoms with E-state index in [0.29, 0.717) is 0 Å². The number of aryl methyl sites for hydroxylation is 2. The molecule has 1 saturated heterocycles. The zero-order valence-corrected chi connectivity index (χ0v) is 17.5. The Kier molecular flexibility index (Phi) is 4.83. The second kappa shape index (κ2) is 6.54. The molecule has 1 fully saturated rings. The lowest BCUT2D eigenvalue weighted by atomic mass is 9.72. The fourth-order valence-electron chi connectivity index (χ4n) is 3.79. The molecule has 3 rings (SSSR count). The minimum Gasteiger partial charge on any atom is -0.399 e. The fourth-order valence-corrected chi connectivity index (χ4v) is 3.79. The molecule has 0 aromatic heterocycles. The van der Waals surface area contributed by atoms with E-state index in [1.54, 1.807) is 0 Å². The van der Waals surface area contributed by atoms with Crippen LogP contribution < -0.4 is 5.46 Å². The molecule has 0 unspecified atom stereocenters. The van der Waals surface area contributed by atoms with Gasteiger partial charge in [0.1, 0.15) is 0 Å². The number of rotatable bonds is 3. The van der Waals surface area contributed by atoms with Gasteiger partial charge in [-0.1, -0.05) is 42.8 Å². The van der Waals surface area contributed by atoms with Crippen molar-refractivity contribution in [2.24, 2.45) is 0 Å². The zero-order valence-electron chi connectivity index (χ0n) is 17.5. The Labute approximate surface area is 159 Å². The Hall–Kier alpha value is -1.58. The van der Waals surface area contributed by atoms with Crippen molar-refractivity contribution in [3.8, 4) is 11.1 Å². The summed E-state index contributed by atoms with van der Waals surface area (Å²) in [6.07, 6.45) is 0.989. The highest BCUT2D eigenvalue weighted by atomic mass is 16.7. The topological polar surface area (TPSA) is 18.5 Å². The zero-order chi connectivity index (χ0) is 19.3. The van der Waals surface area contributed by atoms with Crippen LogP contribution in [0.25, 0.3) is 11.1 Å². The van der Waals surface area contributed by atoms with Crippen LogP contribution in [-0.4, -0.2) is 18.3 Å². The summed E-state index contributed by atoms with van der Waals surface area (Å²) in [5, 5.41) is 0. The molecular formula is C23H31BO2. The van der Waals surface area contributed by atoms with Gasteiger partial charge in [-0.3, -0.25) is 0 Å². The highest BCUT2D eigenvalue weighted by Crippen LogP contribution is 2.38. The van der Waals surface area contributed by atoms with Crippen LogP contribution in [0.1, 0.15) is 56.9 Å². The molecule has 1 aliphatic rings. The van der Waals surface area contributed by atoms with Crippen LogP contribution in [-0.2, 0) is 15.7 Å². The van der Waals surface area contributed by atoms with Crippen LogP contribution >= 0.6 is 0 Å². The summed E-state index contributed by atoms with van der Waals surface area (Å²) in [6, 6.07) is 11.1. The van der Waals surface area contributed by atoms with Gasteiger partial charge in [0.15, 0.2) is 0 Å². The van der Waals surface area contributed by atoms with E-state index in [1.165, 1.54) is 33.4 Å². The van der Waals surface area contributed by atoms with Gasteiger partial charge < -0.3 is 9.31 Å². The second-order valence-electron chi connectivity index (χ2n) is 8.57. The molecule has 0 aliphatic carbocycles. The Morgan fingerprint density at radius 2 is 1.42 bits per heavy atom. The largest absolute Gasteiger partial charge is 0.495 e. The lowest BCUT2D eigenvalue weighted by Gasteiger charge is -2.32. The van der Waals surface area contributed by atoms with Crippen LogP contribution in [0, 0.1) is 20.8 Å². The van der Waals surface area contributed by atoms with Crippen molar-refractivity contribution >= 4 is 12.6 Å². The third-order valence-electron chi connectivity index (χ3n) is 6.15. The monoisotopic (exact) mass is 350 g/mol. The third-order valence-corrected chi connectivity index (χ3v) is 6.15. The van der Waals surface area contributed by atoms with Gasteiger partial charge in [-0.25, -0.2) is 0 Å².